The van der Waals surface area contributed by atoms with E-state index < -0.39 is 0 Å². The Labute approximate surface area is 109 Å². The van der Waals surface area contributed by atoms with Gasteiger partial charge in [0, 0.05) is 49.8 Å². The molecule has 1 atom stereocenters. The molecule has 0 amide bonds. The molecule has 4 nitrogen and oxygen atoms in total. The van der Waals surface area contributed by atoms with Crippen molar-refractivity contribution >= 4 is 0 Å². The molecule has 18 heavy (non-hydrogen) atoms. The Bertz CT molecular complexity index is 536. The number of nitrogens with zero attached hydrogens (tertiary/aromatic N) is 3. The van der Waals surface area contributed by atoms with Crippen LogP contribution in [0.4, 0.5) is 0 Å². The third kappa shape index (κ3) is 2.48. The molecule has 98 valence electrons. The highest BCUT2D eigenvalue weighted by Gasteiger charge is 2.10. The van der Waals surface area contributed by atoms with E-state index in [9.17, 15) is 0 Å². The first-order valence-electron chi connectivity index (χ1n) is 6.32. The Morgan fingerprint density at radius 2 is 2.06 bits per heavy atom. The van der Waals surface area contributed by atoms with Crippen LogP contribution in [0.5, 0.6) is 0 Å². The van der Waals surface area contributed by atoms with E-state index in [0.717, 1.165) is 6.54 Å². The molecule has 2 rings (SSSR count). The average Bonchev–Trinajstić information content (AvgIpc) is 2.87. The lowest BCUT2D eigenvalue weighted by molar-refractivity contribution is 0.572. The van der Waals surface area contributed by atoms with Crippen LogP contribution >= 0.6 is 0 Å². The van der Waals surface area contributed by atoms with Gasteiger partial charge >= 0.3 is 0 Å². The summed E-state index contributed by atoms with van der Waals surface area (Å²) in [5.74, 6) is 0. The van der Waals surface area contributed by atoms with E-state index in [1.807, 2.05) is 17.9 Å². The van der Waals surface area contributed by atoms with Crippen molar-refractivity contribution in [2.75, 3.05) is 0 Å². The van der Waals surface area contributed by atoms with E-state index in [2.05, 4.69) is 55.1 Å². The number of aryl methyl sites for hydroxylation is 2. The first-order chi connectivity index (χ1) is 8.49. The van der Waals surface area contributed by atoms with Gasteiger partial charge in [0.1, 0.15) is 0 Å². The van der Waals surface area contributed by atoms with E-state index in [-0.39, 0.29) is 0 Å². The van der Waals surface area contributed by atoms with Crippen molar-refractivity contribution in [3.8, 4) is 0 Å². The highest BCUT2D eigenvalue weighted by molar-refractivity contribution is 5.26. The van der Waals surface area contributed by atoms with Gasteiger partial charge in [-0.15, -0.1) is 0 Å². The molecular weight excluding hydrogens is 224 g/mol. The lowest BCUT2D eigenvalue weighted by atomic mass is 10.1. The molecule has 1 N–H and O–H groups in total. The van der Waals surface area contributed by atoms with Crippen LogP contribution in [0.2, 0.25) is 0 Å². The number of aromatic nitrogens is 3. The molecule has 0 spiro atoms. The predicted octanol–water partition coefficient (Wildman–Crippen LogP) is 2.23. The van der Waals surface area contributed by atoms with E-state index in [0.29, 0.717) is 6.04 Å². The Morgan fingerprint density at radius 1 is 1.33 bits per heavy atom. The molecule has 2 heterocycles. The van der Waals surface area contributed by atoms with E-state index >= 15 is 0 Å². The van der Waals surface area contributed by atoms with Crippen LogP contribution in [0.3, 0.4) is 0 Å². The van der Waals surface area contributed by atoms with Crippen molar-refractivity contribution in [1.29, 1.82) is 0 Å². The maximum Gasteiger partial charge on any atom is 0.0537 e. The summed E-state index contributed by atoms with van der Waals surface area (Å²) in [4.78, 5) is 0. The Kier molecular flexibility index (Phi) is 3.57. The fourth-order valence-corrected chi connectivity index (χ4v) is 2.16. The van der Waals surface area contributed by atoms with Crippen LogP contribution in [0.15, 0.2) is 18.5 Å². The summed E-state index contributed by atoms with van der Waals surface area (Å²) in [7, 11) is 4.06. The highest BCUT2D eigenvalue weighted by atomic mass is 15.2. The summed E-state index contributed by atoms with van der Waals surface area (Å²) in [5, 5.41) is 7.74. The van der Waals surface area contributed by atoms with Gasteiger partial charge in [0.25, 0.3) is 0 Å². The quantitative estimate of drug-likeness (QED) is 0.897. The van der Waals surface area contributed by atoms with E-state index in [1.165, 1.54) is 22.5 Å². The molecule has 0 saturated heterocycles. The minimum atomic E-state index is 0.318. The molecule has 0 aliphatic carbocycles. The fraction of sp³-hybridized carbons (Fsp3) is 0.500. The smallest absolute Gasteiger partial charge is 0.0537 e. The summed E-state index contributed by atoms with van der Waals surface area (Å²) in [5.41, 5.74) is 5.23. The minimum absolute atomic E-state index is 0.318. The van der Waals surface area contributed by atoms with Gasteiger partial charge in [0.05, 0.1) is 6.20 Å². The Morgan fingerprint density at radius 3 is 2.56 bits per heavy atom. The van der Waals surface area contributed by atoms with Gasteiger partial charge in [-0.2, -0.15) is 5.10 Å². The summed E-state index contributed by atoms with van der Waals surface area (Å²) in [6.45, 7) is 7.37. The van der Waals surface area contributed by atoms with Gasteiger partial charge in [-0.3, -0.25) is 4.68 Å². The summed E-state index contributed by atoms with van der Waals surface area (Å²) >= 11 is 0. The Hall–Kier alpha value is -1.55. The highest BCUT2D eigenvalue weighted by Crippen LogP contribution is 2.16. The number of hydrogen-bond acceptors (Lipinski definition) is 2. The topological polar surface area (TPSA) is 34.8 Å². The molecular formula is C14H22N4. The zero-order chi connectivity index (χ0) is 13.3. The van der Waals surface area contributed by atoms with Crippen molar-refractivity contribution in [2.45, 2.75) is 33.4 Å². The van der Waals surface area contributed by atoms with Gasteiger partial charge in [0.2, 0.25) is 0 Å². The second-order valence-electron chi connectivity index (χ2n) is 5.01. The third-order valence-corrected chi connectivity index (χ3v) is 3.70. The van der Waals surface area contributed by atoms with Crippen LogP contribution in [0.25, 0.3) is 0 Å². The zero-order valence-corrected chi connectivity index (χ0v) is 11.9. The monoisotopic (exact) mass is 246 g/mol. The van der Waals surface area contributed by atoms with Crippen molar-refractivity contribution in [3.05, 3.63) is 41.0 Å². The molecule has 0 saturated carbocycles. The van der Waals surface area contributed by atoms with Gasteiger partial charge in [-0.1, -0.05) is 0 Å². The maximum absolute atomic E-state index is 4.20. The van der Waals surface area contributed by atoms with Crippen LogP contribution in [0, 0.1) is 13.8 Å². The van der Waals surface area contributed by atoms with Crippen molar-refractivity contribution < 1.29 is 0 Å². The molecule has 4 heteroatoms. The first kappa shape index (κ1) is 12.9. The van der Waals surface area contributed by atoms with Crippen LogP contribution in [-0.2, 0) is 20.6 Å². The van der Waals surface area contributed by atoms with E-state index in [1.54, 1.807) is 0 Å². The molecule has 0 aliphatic heterocycles. The maximum atomic E-state index is 4.20. The SMILES string of the molecule is Cc1cc(CNC(C)c2cnn(C)c2)c(C)n1C. The number of nitrogens with one attached hydrogen (secondary N) is 1. The molecule has 0 fully saturated rings. The van der Waals surface area contributed by atoms with Crippen molar-refractivity contribution in [1.82, 2.24) is 19.7 Å². The Balaban J connectivity index is 2.01. The summed E-state index contributed by atoms with van der Waals surface area (Å²) < 4.78 is 4.07. The number of rotatable bonds is 4. The molecule has 1 unspecified atom stereocenters. The third-order valence-electron chi connectivity index (χ3n) is 3.70. The van der Waals surface area contributed by atoms with Gasteiger partial charge in [-0.25, -0.2) is 0 Å². The first-order valence-corrected chi connectivity index (χ1v) is 6.32. The second-order valence-corrected chi connectivity index (χ2v) is 5.01. The zero-order valence-electron chi connectivity index (χ0n) is 11.9. The fourth-order valence-electron chi connectivity index (χ4n) is 2.16. The van der Waals surface area contributed by atoms with Gasteiger partial charge in [-0.05, 0) is 32.4 Å². The summed E-state index contributed by atoms with van der Waals surface area (Å²) in [6, 6.07) is 2.57. The van der Waals surface area contributed by atoms with Crippen molar-refractivity contribution in [3.63, 3.8) is 0 Å². The summed E-state index contributed by atoms with van der Waals surface area (Å²) in [6.07, 6.45) is 3.97. The lowest BCUT2D eigenvalue weighted by Gasteiger charge is -2.12. The average molecular weight is 246 g/mol. The van der Waals surface area contributed by atoms with Crippen LogP contribution in [-0.4, -0.2) is 14.3 Å². The normalized spacial score (nSPS) is 12.9. The standard InChI is InChI=1S/C14H22N4/c1-10-6-13(12(3)18(10)5)7-15-11(2)14-8-16-17(4)9-14/h6,8-9,11,15H,7H2,1-5H3. The van der Waals surface area contributed by atoms with Gasteiger partial charge < -0.3 is 9.88 Å². The largest absolute Gasteiger partial charge is 0.352 e. The predicted molar refractivity (Wildman–Crippen MR) is 73.3 cm³/mol. The van der Waals surface area contributed by atoms with Gasteiger partial charge in [0.15, 0.2) is 0 Å². The molecule has 0 aromatic carbocycles. The van der Waals surface area contributed by atoms with Crippen LogP contribution < -0.4 is 5.32 Å². The molecule has 0 radical (unpaired) electrons. The lowest BCUT2D eigenvalue weighted by Crippen LogP contribution is -2.18. The molecule has 0 aliphatic rings. The number of hydrogen-bond donors (Lipinski definition) is 1. The molecule has 2 aromatic heterocycles. The molecule has 0 bridgehead atoms. The second kappa shape index (κ2) is 4.98. The molecule has 2 aromatic rings. The van der Waals surface area contributed by atoms with Crippen LogP contribution in [0.1, 0.15) is 35.5 Å². The van der Waals surface area contributed by atoms with E-state index in [4.69, 9.17) is 0 Å². The minimum Gasteiger partial charge on any atom is -0.352 e. The van der Waals surface area contributed by atoms with Crippen molar-refractivity contribution in [2.24, 2.45) is 14.1 Å².